The molecular formula is C21H31N3O. The molecule has 25 heavy (non-hydrogen) atoms. The highest BCUT2D eigenvalue weighted by Gasteiger charge is 2.23. The molecule has 0 saturated carbocycles. The summed E-state index contributed by atoms with van der Waals surface area (Å²) < 4.78 is 2.38. The zero-order chi connectivity index (χ0) is 18.6. The first-order valence-electron chi connectivity index (χ1n) is 8.97. The van der Waals surface area contributed by atoms with Crippen LogP contribution < -0.4 is 0 Å². The average molecular weight is 341 g/mol. The van der Waals surface area contributed by atoms with Crippen LogP contribution in [0, 0.1) is 11.3 Å². The Morgan fingerprint density at radius 3 is 2.60 bits per heavy atom. The van der Waals surface area contributed by atoms with E-state index < -0.39 is 0 Å². The standard InChI is InChI=1S/C21H31N3O/c1-16(2)12-20-22-18-13-17(8-7-11-25)9-10-19(18)24(20)15-21(3,4)14-23(5)6/h7-11,13,16H,12,14-15H2,1-6H3/b8-7+. The Morgan fingerprint density at radius 1 is 1.28 bits per heavy atom. The van der Waals surface area contributed by atoms with Crippen molar-refractivity contribution in [2.45, 2.75) is 40.7 Å². The summed E-state index contributed by atoms with van der Waals surface area (Å²) >= 11 is 0. The molecule has 1 aromatic heterocycles. The van der Waals surface area contributed by atoms with Crippen LogP contribution in [0.3, 0.4) is 0 Å². The lowest BCUT2D eigenvalue weighted by molar-refractivity contribution is -0.104. The molecule has 136 valence electrons. The van der Waals surface area contributed by atoms with Crippen LogP contribution in [-0.2, 0) is 17.8 Å². The summed E-state index contributed by atoms with van der Waals surface area (Å²) in [7, 11) is 4.24. The van der Waals surface area contributed by atoms with E-state index in [1.807, 2.05) is 6.08 Å². The molecule has 4 heteroatoms. The molecule has 1 aromatic carbocycles. The number of hydrogen-bond acceptors (Lipinski definition) is 3. The van der Waals surface area contributed by atoms with Crippen molar-refractivity contribution in [1.29, 1.82) is 0 Å². The van der Waals surface area contributed by atoms with Crippen molar-refractivity contribution in [3.05, 3.63) is 35.7 Å². The maximum Gasteiger partial charge on any atom is 0.142 e. The monoisotopic (exact) mass is 341 g/mol. The van der Waals surface area contributed by atoms with Gasteiger partial charge in [0.05, 0.1) is 11.0 Å². The van der Waals surface area contributed by atoms with Crippen molar-refractivity contribution >= 4 is 23.4 Å². The smallest absolute Gasteiger partial charge is 0.142 e. The van der Waals surface area contributed by atoms with E-state index in [-0.39, 0.29) is 5.41 Å². The van der Waals surface area contributed by atoms with Crippen molar-refractivity contribution in [1.82, 2.24) is 14.5 Å². The normalized spacial score (nSPS) is 12.8. The number of carbonyl (C=O) groups is 1. The van der Waals surface area contributed by atoms with Gasteiger partial charge >= 0.3 is 0 Å². The molecule has 0 N–H and O–H groups in total. The maximum absolute atomic E-state index is 10.6. The van der Waals surface area contributed by atoms with Crippen LogP contribution in [0.5, 0.6) is 0 Å². The lowest BCUT2D eigenvalue weighted by atomic mass is 9.92. The van der Waals surface area contributed by atoms with Crippen molar-refractivity contribution in [3.63, 3.8) is 0 Å². The Bertz CT molecular complexity index is 754. The molecule has 1 heterocycles. The number of benzene rings is 1. The van der Waals surface area contributed by atoms with Gasteiger partial charge in [0.25, 0.3) is 0 Å². The van der Waals surface area contributed by atoms with E-state index in [1.165, 1.54) is 11.6 Å². The van der Waals surface area contributed by atoms with Crippen LogP contribution in [0.25, 0.3) is 17.1 Å². The molecule has 2 rings (SSSR count). The molecule has 0 spiro atoms. The summed E-state index contributed by atoms with van der Waals surface area (Å²) in [6.45, 7) is 11.0. The van der Waals surface area contributed by atoms with Crippen LogP contribution in [-0.4, -0.2) is 41.4 Å². The van der Waals surface area contributed by atoms with Crippen molar-refractivity contribution in [2.24, 2.45) is 11.3 Å². The number of imidazole rings is 1. The quantitative estimate of drug-likeness (QED) is 0.537. The molecule has 0 fully saturated rings. The van der Waals surface area contributed by atoms with Gasteiger partial charge in [-0.05, 0) is 49.2 Å². The van der Waals surface area contributed by atoms with E-state index in [0.29, 0.717) is 5.92 Å². The number of allylic oxidation sites excluding steroid dienone is 1. The molecular weight excluding hydrogens is 310 g/mol. The fraction of sp³-hybridized carbons (Fsp3) is 0.524. The first-order chi connectivity index (χ1) is 11.7. The molecule has 0 bridgehead atoms. The Balaban J connectivity index is 2.47. The SMILES string of the molecule is CC(C)Cc1nc2cc(/C=C/C=O)ccc2n1CC(C)(C)CN(C)C. The summed E-state index contributed by atoms with van der Waals surface area (Å²) in [6, 6.07) is 6.25. The summed E-state index contributed by atoms with van der Waals surface area (Å²) in [6.07, 6.45) is 5.11. The Labute approximate surface area is 151 Å². The fourth-order valence-corrected chi connectivity index (χ4v) is 3.48. The van der Waals surface area contributed by atoms with Gasteiger partial charge in [-0.2, -0.15) is 0 Å². The van der Waals surface area contributed by atoms with Crippen molar-refractivity contribution in [3.8, 4) is 0 Å². The lowest BCUT2D eigenvalue weighted by Crippen LogP contribution is -2.33. The number of rotatable bonds is 8. The fourth-order valence-electron chi connectivity index (χ4n) is 3.48. The highest BCUT2D eigenvalue weighted by Crippen LogP contribution is 2.26. The summed E-state index contributed by atoms with van der Waals surface area (Å²) in [5, 5.41) is 0. The second kappa shape index (κ2) is 7.96. The maximum atomic E-state index is 10.6. The molecule has 2 aromatic rings. The minimum absolute atomic E-state index is 0.152. The Hall–Kier alpha value is -1.94. The van der Waals surface area contributed by atoms with Gasteiger partial charge in [-0.15, -0.1) is 0 Å². The van der Waals surface area contributed by atoms with Crippen LogP contribution in [0.15, 0.2) is 24.3 Å². The van der Waals surface area contributed by atoms with Gasteiger partial charge in [-0.1, -0.05) is 39.8 Å². The lowest BCUT2D eigenvalue weighted by Gasteiger charge is -2.29. The average Bonchev–Trinajstić information content (AvgIpc) is 2.79. The van der Waals surface area contributed by atoms with Gasteiger partial charge in [-0.25, -0.2) is 4.98 Å². The molecule has 0 aliphatic carbocycles. The predicted molar refractivity (Wildman–Crippen MR) is 106 cm³/mol. The molecule has 0 aliphatic heterocycles. The number of fused-ring (bicyclic) bond motifs is 1. The zero-order valence-electron chi connectivity index (χ0n) is 16.4. The largest absolute Gasteiger partial charge is 0.327 e. The topological polar surface area (TPSA) is 38.1 Å². The molecule has 0 saturated heterocycles. The number of nitrogens with zero attached hydrogens (tertiary/aromatic N) is 3. The third-order valence-corrected chi connectivity index (χ3v) is 4.14. The molecule has 0 aliphatic rings. The highest BCUT2D eigenvalue weighted by atomic mass is 16.1. The zero-order valence-corrected chi connectivity index (χ0v) is 16.4. The Morgan fingerprint density at radius 2 is 2.00 bits per heavy atom. The third-order valence-electron chi connectivity index (χ3n) is 4.14. The molecule has 4 nitrogen and oxygen atoms in total. The van der Waals surface area contributed by atoms with Gasteiger partial charge in [-0.3, -0.25) is 4.79 Å². The molecule has 0 unspecified atom stereocenters. The van der Waals surface area contributed by atoms with E-state index in [0.717, 1.165) is 42.7 Å². The number of aldehydes is 1. The van der Waals surface area contributed by atoms with Crippen LogP contribution >= 0.6 is 0 Å². The van der Waals surface area contributed by atoms with Gasteiger partial charge in [0.2, 0.25) is 0 Å². The number of carbonyl (C=O) groups excluding carboxylic acids is 1. The van der Waals surface area contributed by atoms with E-state index >= 15 is 0 Å². The predicted octanol–water partition coefficient (Wildman–Crippen LogP) is 4.03. The van der Waals surface area contributed by atoms with Crippen LogP contribution in [0.2, 0.25) is 0 Å². The highest BCUT2D eigenvalue weighted by molar-refractivity contribution is 5.81. The second-order valence-electron chi connectivity index (χ2n) is 8.36. The van der Waals surface area contributed by atoms with E-state index in [9.17, 15) is 4.79 Å². The van der Waals surface area contributed by atoms with Crippen LogP contribution in [0.1, 0.15) is 39.1 Å². The van der Waals surface area contributed by atoms with E-state index in [1.54, 1.807) is 0 Å². The minimum Gasteiger partial charge on any atom is -0.327 e. The number of aromatic nitrogens is 2. The summed E-state index contributed by atoms with van der Waals surface area (Å²) in [5.41, 5.74) is 3.34. The van der Waals surface area contributed by atoms with Gasteiger partial charge in [0.15, 0.2) is 0 Å². The molecule has 0 amide bonds. The van der Waals surface area contributed by atoms with E-state index in [2.05, 4.69) is 69.5 Å². The van der Waals surface area contributed by atoms with Gasteiger partial charge in [0, 0.05) is 19.5 Å². The molecule has 0 radical (unpaired) electrons. The summed E-state index contributed by atoms with van der Waals surface area (Å²) in [4.78, 5) is 17.7. The van der Waals surface area contributed by atoms with E-state index in [4.69, 9.17) is 4.98 Å². The first kappa shape index (κ1) is 19.4. The number of hydrogen-bond donors (Lipinski definition) is 0. The van der Waals surface area contributed by atoms with Gasteiger partial charge < -0.3 is 9.47 Å². The minimum atomic E-state index is 0.152. The first-order valence-corrected chi connectivity index (χ1v) is 8.97. The Kier molecular flexibility index (Phi) is 6.17. The summed E-state index contributed by atoms with van der Waals surface area (Å²) in [5.74, 6) is 1.70. The van der Waals surface area contributed by atoms with Gasteiger partial charge in [0.1, 0.15) is 12.1 Å². The third kappa shape index (κ3) is 5.27. The van der Waals surface area contributed by atoms with Crippen molar-refractivity contribution < 1.29 is 4.79 Å². The molecule has 0 atom stereocenters. The van der Waals surface area contributed by atoms with Crippen LogP contribution in [0.4, 0.5) is 0 Å². The van der Waals surface area contributed by atoms with Crippen molar-refractivity contribution in [2.75, 3.05) is 20.6 Å². The second-order valence-corrected chi connectivity index (χ2v) is 8.36.